The van der Waals surface area contributed by atoms with Crippen LogP contribution in [0.1, 0.15) is 12.0 Å². The summed E-state index contributed by atoms with van der Waals surface area (Å²) < 4.78 is 73.6. The average molecular weight is 372 g/mol. The number of benzene rings is 1. The van der Waals surface area contributed by atoms with Crippen LogP contribution in [0, 0.1) is 5.92 Å². The second-order valence-electron chi connectivity index (χ2n) is 5.83. The summed E-state index contributed by atoms with van der Waals surface area (Å²) in [4.78, 5) is 1.53. The fraction of sp³-hybridized carbons (Fsp3) is 0.600. The van der Waals surface area contributed by atoms with E-state index in [1.54, 1.807) is 12.1 Å². The summed E-state index contributed by atoms with van der Waals surface area (Å²) in [6, 6.07) is 6.06. The van der Waals surface area contributed by atoms with Crippen LogP contribution in [0.3, 0.4) is 0 Å². The van der Waals surface area contributed by atoms with Crippen molar-refractivity contribution in [3.63, 3.8) is 0 Å². The molecule has 1 aromatic rings. The van der Waals surface area contributed by atoms with Gasteiger partial charge in [-0.2, -0.15) is 26.3 Å². The lowest BCUT2D eigenvalue weighted by molar-refractivity contribution is -0.143. The molecule has 1 saturated heterocycles. The molecule has 1 fully saturated rings. The van der Waals surface area contributed by atoms with E-state index in [1.165, 1.54) is 17.0 Å². The van der Waals surface area contributed by atoms with Crippen molar-refractivity contribution in [3.8, 4) is 0 Å². The van der Waals surface area contributed by atoms with Gasteiger partial charge in [0.25, 0.3) is 0 Å². The minimum atomic E-state index is -4.30. The third kappa shape index (κ3) is 7.31. The molecule has 2 rings (SSSR count). The Morgan fingerprint density at radius 2 is 1.75 bits per heavy atom. The van der Waals surface area contributed by atoms with Crippen molar-refractivity contribution in [1.82, 2.24) is 10.2 Å². The molecule has 0 bridgehead atoms. The van der Waals surface area contributed by atoms with Crippen LogP contribution in [0.2, 0.25) is 0 Å². The molecule has 2 nitrogen and oxygen atoms in total. The summed E-state index contributed by atoms with van der Waals surface area (Å²) in [5.41, 5.74) is -3.46. The van der Waals surface area contributed by atoms with Crippen LogP contribution in [0.25, 0.3) is 0 Å². The molecular weight excluding hydrogens is 354 g/mol. The molecule has 1 aliphatic rings. The molecule has 1 heterocycles. The average Bonchev–Trinajstić information content (AvgIpc) is 2.84. The Bertz CT molecular complexity index is 514. The van der Waals surface area contributed by atoms with E-state index in [4.69, 9.17) is 0 Å². The van der Waals surface area contributed by atoms with E-state index in [0.29, 0.717) is 32.6 Å². The number of hydrogen-bond donors (Lipinski definition) is 1. The number of halogens is 6. The molecule has 1 atom stereocenters. The molecule has 0 saturated carbocycles. The van der Waals surface area contributed by atoms with Gasteiger partial charge >= 0.3 is 11.7 Å². The Labute approximate surface area is 140 Å². The maximum atomic E-state index is 12.3. The van der Waals surface area contributed by atoms with E-state index in [9.17, 15) is 26.3 Å². The first-order valence-corrected chi connectivity index (χ1v) is 8.27. The monoisotopic (exact) mass is 372 g/mol. The van der Waals surface area contributed by atoms with Gasteiger partial charge in [-0.3, -0.25) is 4.90 Å². The molecular formula is C15H18F6N2S. The second kappa shape index (κ2) is 7.97. The van der Waals surface area contributed by atoms with Gasteiger partial charge < -0.3 is 5.32 Å². The molecule has 0 amide bonds. The number of hydrogen-bond acceptors (Lipinski definition) is 3. The van der Waals surface area contributed by atoms with Crippen LogP contribution >= 0.6 is 11.8 Å². The Morgan fingerprint density at radius 1 is 1.08 bits per heavy atom. The van der Waals surface area contributed by atoms with Gasteiger partial charge in [-0.1, -0.05) is 12.1 Å². The minimum Gasteiger partial charge on any atom is -0.312 e. The Balaban J connectivity index is 1.69. The van der Waals surface area contributed by atoms with E-state index < -0.39 is 18.2 Å². The highest BCUT2D eigenvalue weighted by molar-refractivity contribution is 8.00. The topological polar surface area (TPSA) is 15.3 Å². The predicted octanol–water partition coefficient (Wildman–Crippen LogP) is 4.27. The highest BCUT2D eigenvalue weighted by Gasteiger charge is 2.34. The lowest BCUT2D eigenvalue weighted by Crippen LogP contribution is -2.33. The van der Waals surface area contributed by atoms with Crippen molar-refractivity contribution < 1.29 is 26.3 Å². The molecule has 1 aliphatic heterocycles. The lowest BCUT2D eigenvalue weighted by Gasteiger charge is -2.18. The predicted molar refractivity (Wildman–Crippen MR) is 80.7 cm³/mol. The zero-order chi connectivity index (χ0) is 17.8. The first-order valence-electron chi connectivity index (χ1n) is 7.45. The molecule has 1 N–H and O–H groups in total. The minimum absolute atomic E-state index is 0.129. The van der Waals surface area contributed by atoms with Crippen molar-refractivity contribution in [2.45, 2.75) is 29.5 Å². The van der Waals surface area contributed by atoms with Crippen LogP contribution in [0.15, 0.2) is 29.2 Å². The first kappa shape index (κ1) is 19.4. The van der Waals surface area contributed by atoms with Crippen LogP contribution in [0.4, 0.5) is 26.3 Å². The van der Waals surface area contributed by atoms with E-state index in [1.807, 2.05) is 0 Å². The van der Waals surface area contributed by atoms with Crippen molar-refractivity contribution in [3.05, 3.63) is 29.8 Å². The van der Waals surface area contributed by atoms with E-state index >= 15 is 0 Å². The number of thioether (sulfide) groups is 1. The van der Waals surface area contributed by atoms with Crippen molar-refractivity contribution in [2.75, 3.05) is 26.2 Å². The second-order valence-corrected chi connectivity index (χ2v) is 6.97. The van der Waals surface area contributed by atoms with Crippen LogP contribution in [-0.4, -0.2) is 42.8 Å². The molecule has 1 aromatic carbocycles. The zero-order valence-corrected chi connectivity index (χ0v) is 13.6. The SMILES string of the molecule is FC(F)(F)CN1CCC(CNCc2ccc(SC(F)(F)F)cc2)C1. The zero-order valence-electron chi connectivity index (χ0n) is 12.8. The Kier molecular flexibility index (Phi) is 6.44. The molecule has 24 heavy (non-hydrogen) atoms. The first-order chi connectivity index (χ1) is 11.1. The van der Waals surface area contributed by atoms with Crippen molar-refractivity contribution >= 4 is 11.8 Å². The van der Waals surface area contributed by atoms with Crippen molar-refractivity contribution in [1.29, 1.82) is 0 Å². The number of alkyl halides is 6. The number of nitrogens with zero attached hydrogens (tertiary/aromatic N) is 1. The summed E-state index contributed by atoms with van der Waals surface area (Å²) in [7, 11) is 0. The largest absolute Gasteiger partial charge is 0.446 e. The number of nitrogens with one attached hydrogen (secondary N) is 1. The fourth-order valence-corrected chi connectivity index (χ4v) is 3.25. The van der Waals surface area contributed by atoms with Gasteiger partial charge in [0.05, 0.1) is 6.54 Å². The normalized spacial score (nSPS) is 19.8. The summed E-state index contributed by atoms with van der Waals surface area (Å²) in [5.74, 6) is 0.160. The lowest BCUT2D eigenvalue weighted by atomic mass is 10.1. The van der Waals surface area contributed by atoms with Gasteiger partial charge in [0.15, 0.2) is 0 Å². The fourth-order valence-electron chi connectivity index (χ4n) is 2.71. The highest BCUT2D eigenvalue weighted by Crippen LogP contribution is 2.36. The third-order valence-corrected chi connectivity index (χ3v) is 4.43. The van der Waals surface area contributed by atoms with E-state index in [-0.39, 0.29) is 22.6 Å². The molecule has 1 unspecified atom stereocenters. The molecule has 0 spiro atoms. The summed E-state index contributed by atoms with van der Waals surface area (Å²) in [6.07, 6.45) is -3.46. The summed E-state index contributed by atoms with van der Waals surface area (Å²) in [5, 5.41) is 3.16. The summed E-state index contributed by atoms with van der Waals surface area (Å²) in [6.45, 7) is 1.05. The van der Waals surface area contributed by atoms with Gasteiger partial charge in [0.1, 0.15) is 0 Å². The van der Waals surface area contributed by atoms with E-state index in [0.717, 1.165) is 5.56 Å². The van der Waals surface area contributed by atoms with Gasteiger partial charge in [-0.25, -0.2) is 0 Å². The standard InChI is InChI=1S/C15H18F6N2S/c16-14(17,18)10-23-6-5-12(9-23)8-22-7-11-1-3-13(4-2-11)24-15(19,20)21/h1-4,12,22H,5-10H2. The van der Waals surface area contributed by atoms with Crippen LogP contribution in [0.5, 0.6) is 0 Å². The van der Waals surface area contributed by atoms with Crippen molar-refractivity contribution in [2.24, 2.45) is 5.92 Å². The van der Waals surface area contributed by atoms with Crippen LogP contribution < -0.4 is 5.32 Å². The maximum Gasteiger partial charge on any atom is 0.446 e. The van der Waals surface area contributed by atoms with Crippen LogP contribution in [-0.2, 0) is 6.54 Å². The third-order valence-electron chi connectivity index (χ3n) is 3.69. The number of rotatable bonds is 6. The Hall–Kier alpha value is -0.930. The summed E-state index contributed by atoms with van der Waals surface area (Å²) >= 11 is -0.159. The molecule has 0 aliphatic carbocycles. The van der Waals surface area contributed by atoms with Gasteiger partial charge in [0, 0.05) is 18.0 Å². The van der Waals surface area contributed by atoms with Gasteiger partial charge in [0.2, 0.25) is 0 Å². The quantitative estimate of drug-likeness (QED) is 0.593. The molecule has 9 heteroatoms. The molecule has 136 valence electrons. The highest BCUT2D eigenvalue weighted by atomic mass is 32.2. The van der Waals surface area contributed by atoms with Gasteiger partial charge in [-0.05, 0) is 54.9 Å². The molecule has 0 radical (unpaired) electrons. The van der Waals surface area contributed by atoms with E-state index in [2.05, 4.69) is 5.32 Å². The van der Waals surface area contributed by atoms with Gasteiger partial charge in [-0.15, -0.1) is 0 Å². The molecule has 0 aromatic heterocycles. The maximum absolute atomic E-state index is 12.3. The Morgan fingerprint density at radius 3 is 2.33 bits per heavy atom. The smallest absolute Gasteiger partial charge is 0.312 e. The number of likely N-dealkylation sites (tertiary alicyclic amines) is 1.